The molecule has 0 aliphatic rings. The highest BCUT2D eigenvalue weighted by molar-refractivity contribution is 5.48. The van der Waals surface area contributed by atoms with E-state index in [0.29, 0.717) is 0 Å². The van der Waals surface area contributed by atoms with E-state index >= 15 is 0 Å². The van der Waals surface area contributed by atoms with Gasteiger partial charge in [-0.3, -0.25) is 0 Å². The third-order valence-electron chi connectivity index (χ3n) is 5.10. The quantitative estimate of drug-likeness (QED) is 0.413. The van der Waals surface area contributed by atoms with Crippen LogP contribution in [0.1, 0.15) is 34.0 Å². The van der Waals surface area contributed by atoms with Gasteiger partial charge in [0.2, 0.25) is 0 Å². The highest BCUT2D eigenvalue weighted by atomic mass is 15.0. The van der Waals surface area contributed by atoms with Gasteiger partial charge in [-0.15, -0.1) is 0 Å². The van der Waals surface area contributed by atoms with Crippen LogP contribution in [0.25, 0.3) is 5.69 Å². The van der Waals surface area contributed by atoms with Crippen molar-refractivity contribution < 1.29 is 0 Å². The molecular weight excluding hydrogens is 314 g/mol. The summed E-state index contributed by atoms with van der Waals surface area (Å²) in [6.45, 7) is 4.41. The maximum absolute atomic E-state index is 2.40. The van der Waals surface area contributed by atoms with Crippen LogP contribution in [-0.2, 0) is 0 Å². The molecule has 0 unspecified atom stereocenters. The molecule has 4 aromatic rings. The predicted molar refractivity (Wildman–Crippen MR) is 109 cm³/mol. The zero-order valence-electron chi connectivity index (χ0n) is 15.3. The average molecular weight is 337 g/mol. The van der Waals surface area contributed by atoms with Gasteiger partial charge in [-0.1, -0.05) is 78.9 Å². The Morgan fingerprint density at radius 1 is 0.615 bits per heavy atom. The summed E-state index contributed by atoms with van der Waals surface area (Å²) in [5, 5.41) is 0. The molecule has 1 heteroatoms. The molecule has 0 radical (unpaired) electrons. The fourth-order valence-corrected chi connectivity index (χ4v) is 3.72. The number of aromatic nitrogens is 1. The zero-order valence-corrected chi connectivity index (χ0v) is 15.3. The number of hydrogen-bond donors (Lipinski definition) is 0. The van der Waals surface area contributed by atoms with Crippen LogP contribution in [-0.4, -0.2) is 4.57 Å². The Balaban J connectivity index is 1.97. The van der Waals surface area contributed by atoms with Gasteiger partial charge in [0.05, 0.1) is 0 Å². The summed E-state index contributed by atoms with van der Waals surface area (Å²) in [6, 6.07) is 34.6. The van der Waals surface area contributed by atoms with Crippen LogP contribution in [0.2, 0.25) is 0 Å². The van der Waals surface area contributed by atoms with E-state index in [0.717, 1.165) is 0 Å². The van der Waals surface area contributed by atoms with E-state index < -0.39 is 0 Å². The summed E-state index contributed by atoms with van der Waals surface area (Å²) in [4.78, 5) is 0. The average Bonchev–Trinajstić information content (AvgIpc) is 2.99. The van der Waals surface area contributed by atoms with Crippen LogP contribution >= 0.6 is 0 Å². The van der Waals surface area contributed by atoms with Gasteiger partial charge in [0.25, 0.3) is 0 Å². The van der Waals surface area contributed by atoms with Gasteiger partial charge in [0.1, 0.15) is 0 Å². The number of hydrogen-bond acceptors (Lipinski definition) is 0. The molecule has 0 aliphatic carbocycles. The molecule has 0 amide bonds. The lowest BCUT2D eigenvalue weighted by Gasteiger charge is -2.22. The predicted octanol–water partition coefficient (Wildman–Crippen LogP) is 6.27. The Bertz CT molecular complexity index is 943. The monoisotopic (exact) mass is 337 g/mol. The molecule has 0 bridgehead atoms. The van der Waals surface area contributed by atoms with Crippen LogP contribution in [0.15, 0.2) is 97.1 Å². The van der Waals surface area contributed by atoms with Crippen LogP contribution in [0.4, 0.5) is 0 Å². The highest BCUT2D eigenvalue weighted by Crippen LogP contribution is 2.35. The van der Waals surface area contributed by atoms with Crippen LogP contribution in [0.3, 0.4) is 0 Å². The van der Waals surface area contributed by atoms with Crippen molar-refractivity contribution >= 4 is 0 Å². The Kier molecular flexibility index (Phi) is 4.45. The molecule has 1 nitrogen and oxygen atoms in total. The smallest absolute Gasteiger partial charge is 0.0496 e. The molecule has 0 fully saturated rings. The van der Waals surface area contributed by atoms with E-state index in [4.69, 9.17) is 0 Å². The van der Waals surface area contributed by atoms with Crippen molar-refractivity contribution in [2.45, 2.75) is 19.8 Å². The first-order chi connectivity index (χ1) is 12.8. The van der Waals surface area contributed by atoms with E-state index in [-0.39, 0.29) is 5.92 Å². The van der Waals surface area contributed by atoms with Crippen molar-refractivity contribution in [3.63, 3.8) is 0 Å². The lowest BCUT2D eigenvalue weighted by molar-refractivity contribution is 0.845. The maximum Gasteiger partial charge on any atom is 0.0496 e. The fourth-order valence-electron chi connectivity index (χ4n) is 3.72. The molecule has 0 saturated carbocycles. The number of aryl methyl sites for hydroxylation is 1. The largest absolute Gasteiger partial charge is 0.317 e. The Morgan fingerprint density at radius 2 is 1.08 bits per heavy atom. The van der Waals surface area contributed by atoms with Crippen molar-refractivity contribution in [1.82, 2.24) is 4.57 Å². The van der Waals surface area contributed by atoms with Crippen molar-refractivity contribution in [2.24, 2.45) is 0 Å². The molecule has 4 rings (SSSR count). The van der Waals surface area contributed by atoms with Gasteiger partial charge in [-0.05, 0) is 48.7 Å². The minimum atomic E-state index is 0.199. The summed E-state index contributed by atoms with van der Waals surface area (Å²) in [6.07, 6.45) is 0. The van der Waals surface area contributed by atoms with Crippen molar-refractivity contribution in [2.75, 3.05) is 0 Å². The van der Waals surface area contributed by atoms with Gasteiger partial charge < -0.3 is 4.57 Å². The van der Waals surface area contributed by atoms with E-state index in [1.807, 2.05) is 0 Å². The number of nitrogens with zero attached hydrogens (tertiary/aromatic N) is 1. The lowest BCUT2D eigenvalue weighted by atomic mass is 9.88. The normalized spacial score (nSPS) is 11.0. The highest BCUT2D eigenvalue weighted by Gasteiger charge is 2.22. The van der Waals surface area contributed by atoms with Gasteiger partial charge in [-0.2, -0.15) is 0 Å². The second-order valence-corrected chi connectivity index (χ2v) is 6.76. The molecule has 1 aromatic heterocycles. The molecule has 0 aliphatic heterocycles. The Hall–Kier alpha value is -3.06. The first-order valence-corrected chi connectivity index (χ1v) is 9.10. The molecule has 3 aromatic carbocycles. The Morgan fingerprint density at radius 3 is 1.58 bits per heavy atom. The standard InChI is InChI=1S/C25H23N/c1-19-18-24(26(20(19)2)23-16-10-5-11-17-23)25(21-12-6-3-7-13-21)22-14-8-4-9-15-22/h3-18,25H,1-2H3. The van der Waals surface area contributed by atoms with Crippen LogP contribution < -0.4 is 0 Å². The minimum Gasteiger partial charge on any atom is -0.317 e. The van der Waals surface area contributed by atoms with Crippen molar-refractivity contribution in [3.8, 4) is 5.69 Å². The first kappa shape index (κ1) is 16.4. The molecule has 0 N–H and O–H groups in total. The van der Waals surface area contributed by atoms with E-state index in [1.165, 1.54) is 33.8 Å². The number of para-hydroxylation sites is 1. The minimum absolute atomic E-state index is 0.199. The van der Waals surface area contributed by atoms with Crippen molar-refractivity contribution in [1.29, 1.82) is 0 Å². The molecule has 0 saturated heterocycles. The summed E-state index contributed by atoms with van der Waals surface area (Å²) < 4.78 is 2.40. The van der Waals surface area contributed by atoms with Gasteiger partial charge in [-0.25, -0.2) is 0 Å². The third kappa shape index (κ3) is 2.97. The first-order valence-electron chi connectivity index (χ1n) is 9.10. The molecule has 0 atom stereocenters. The van der Waals surface area contributed by atoms with E-state index in [1.54, 1.807) is 0 Å². The SMILES string of the molecule is Cc1cc(C(c2ccccc2)c2ccccc2)n(-c2ccccc2)c1C. The second kappa shape index (κ2) is 7.05. The molecule has 0 spiro atoms. The van der Waals surface area contributed by atoms with Crippen LogP contribution in [0, 0.1) is 13.8 Å². The summed E-state index contributed by atoms with van der Waals surface area (Å²) in [7, 11) is 0. The van der Waals surface area contributed by atoms with Crippen molar-refractivity contribution in [3.05, 3.63) is 125 Å². The van der Waals surface area contributed by atoms with Gasteiger partial charge in [0.15, 0.2) is 0 Å². The summed E-state index contributed by atoms with van der Waals surface area (Å²) in [5.74, 6) is 0.199. The van der Waals surface area contributed by atoms with Gasteiger partial charge >= 0.3 is 0 Å². The molecule has 128 valence electrons. The van der Waals surface area contributed by atoms with Gasteiger partial charge in [0, 0.05) is 23.0 Å². The number of benzene rings is 3. The molecule has 1 heterocycles. The zero-order chi connectivity index (χ0) is 17.9. The second-order valence-electron chi connectivity index (χ2n) is 6.76. The molecule has 26 heavy (non-hydrogen) atoms. The van der Waals surface area contributed by atoms with E-state index in [2.05, 4.69) is 115 Å². The maximum atomic E-state index is 2.40. The Labute approximate surface area is 155 Å². The number of rotatable bonds is 4. The topological polar surface area (TPSA) is 4.93 Å². The fraction of sp³-hybridized carbons (Fsp3) is 0.120. The van der Waals surface area contributed by atoms with E-state index in [9.17, 15) is 0 Å². The summed E-state index contributed by atoms with van der Waals surface area (Å²) >= 11 is 0. The lowest BCUT2D eigenvalue weighted by Crippen LogP contribution is -2.10. The van der Waals surface area contributed by atoms with Crippen LogP contribution in [0.5, 0.6) is 0 Å². The summed E-state index contributed by atoms with van der Waals surface area (Å²) in [5.41, 5.74) is 7.76. The third-order valence-corrected chi connectivity index (χ3v) is 5.10. The molecular formula is C25H23N.